The number of nitrogens with two attached hydrogens (primary N) is 1. The van der Waals surface area contributed by atoms with E-state index in [-0.39, 0.29) is 29.8 Å². The van der Waals surface area contributed by atoms with Crippen molar-refractivity contribution >= 4 is 40.8 Å². The van der Waals surface area contributed by atoms with Gasteiger partial charge in [-0.3, -0.25) is 29.3 Å². The minimum Gasteiger partial charge on any atom is -0.505 e. The Morgan fingerprint density at radius 1 is 1.00 bits per heavy atom. The highest BCUT2D eigenvalue weighted by Crippen LogP contribution is 2.50. The van der Waals surface area contributed by atoms with E-state index in [1.54, 1.807) is 12.1 Å². The number of carbonyl (C=O) groups excluding carboxylic acids is 6. The lowest BCUT2D eigenvalue weighted by molar-refractivity contribution is -0.175. The number of nitrogens with one attached hydrogen (secondary N) is 1. The largest absolute Gasteiger partial charge is 0.505 e. The van der Waals surface area contributed by atoms with Crippen molar-refractivity contribution < 1.29 is 48.5 Å². The summed E-state index contributed by atoms with van der Waals surface area (Å²) in [4.78, 5) is 76.6. The number of aliphatic hydroxyl groups is 1. The Morgan fingerprint density at radius 2 is 1.67 bits per heavy atom. The van der Waals surface area contributed by atoms with E-state index >= 15 is 0 Å². The van der Waals surface area contributed by atoms with E-state index in [9.17, 15) is 39.0 Å². The Hall–Kier alpha value is -4.58. The van der Waals surface area contributed by atoms with Crippen LogP contribution in [0.2, 0.25) is 0 Å². The summed E-state index contributed by atoms with van der Waals surface area (Å²) in [6, 6.07) is 9.02. The maximum atomic E-state index is 13.6. The van der Waals surface area contributed by atoms with Gasteiger partial charge < -0.3 is 25.4 Å². The first kappa shape index (κ1) is 26.0. The number of benzene rings is 2. The predicted molar refractivity (Wildman–Crippen MR) is 131 cm³/mol. The zero-order valence-corrected chi connectivity index (χ0v) is 20.6. The molecule has 0 heterocycles. The Labute approximate surface area is 221 Å². The van der Waals surface area contributed by atoms with Crippen LogP contribution in [0.3, 0.4) is 0 Å². The van der Waals surface area contributed by atoms with E-state index in [0.717, 1.165) is 0 Å². The molecule has 2 amide bonds. The number of ether oxygens (including phenoxy) is 2. The second kappa shape index (κ2) is 9.31. The molecular weight excluding hydrogens is 512 g/mol. The lowest BCUT2D eigenvalue weighted by Gasteiger charge is -2.48. The highest BCUT2D eigenvalue weighted by atomic mass is 16.6. The predicted octanol–water partition coefficient (Wildman–Crippen LogP) is 0.946. The number of Topliss-reactive ketones (excluding diaryl/α,β-unsaturated/α-hetero) is 4. The number of anilines is 1. The van der Waals surface area contributed by atoms with Gasteiger partial charge in [-0.2, -0.15) is 0 Å². The molecule has 3 aliphatic carbocycles. The Bertz CT molecular complexity index is 1450. The number of amides is 2. The highest BCUT2D eigenvalue weighted by Gasteiger charge is 2.66. The standard InChI is InChI=1S/C27H24N2O10/c1-38-14-3-5-15(6-4-14)39-26(36)29-16-7-2-11-8-12-9-13-10-17(30)20(25(28)35)24(34)27(13,37)23(33)19(12)22(32)18(11)21(16)31/h2-7,12-13,19-20,31,37H,8-10H2,1H3,(H2,28,35)(H,29,36)/t12-,13-,19?,20?,27-/m0/s1. The number of primary amides is 1. The molecule has 2 fully saturated rings. The third-order valence-electron chi connectivity index (χ3n) is 7.78. The molecule has 5 rings (SSSR count). The molecule has 0 bridgehead atoms. The molecule has 0 radical (unpaired) electrons. The fourth-order valence-electron chi connectivity index (χ4n) is 5.93. The summed E-state index contributed by atoms with van der Waals surface area (Å²) in [6.07, 6.45) is -1.24. The SMILES string of the molecule is COc1ccc(OC(=O)Nc2ccc3c(c2O)C(=O)C2C(=O)[C@]4(O)C(=O)C(C(N)=O)C(=O)C[C@@H]4C[C@@H]2C3)cc1. The molecule has 2 saturated carbocycles. The van der Waals surface area contributed by atoms with Gasteiger partial charge in [-0.15, -0.1) is 0 Å². The second-order valence-corrected chi connectivity index (χ2v) is 9.93. The number of methoxy groups -OCH3 is 1. The number of phenolic OH excluding ortho intramolecular Hbond substituents is 1. The van der Waals surface area contributed by atoms with Gasteiger partial charge in [-0.25, -0.2) is 4.79 Å². The first-order valence-electron chi connectivity index (χ1n) is 12.1. The third kappa shape index (κ3) is 4.04. The van der Waals surface area contributed by atoms with Gasteiger partial charge in [0.2, 0.25) is 5.91 Å². The monoisotopic (exact) mass is 536 g/mol. The first-order valence-corrected chi connectivity index (χ1v) is 12.1. The number of hydrogen-bond donors (Lipinski definition) is 4. The van der Waals surface area contributed by atoms with Gasteiger partial charge in [-0.05, 0) is 54.7 Å². The van der Waals surface area contributed by atoms with E-state index < -0.39 is 76.6 Å². The van der Waals surface area contributed by atoms with Crippen LogP contribution in [0.4, 0.5) is 10.5 Å². The summed E-state index contributed by atoms with van der Waals surface area (Å²) in [5.41, 5.74) is 2.46. The van der Waals surface area contributed by atoms with Crippen LogP contribution in [0.5, 0.6) is 17.2 Å². The maximum Gasteiger partial charge on any atom is 0.417 e. The minimum absolute atomic E-state index is 0.00397. The molecule has 0 spiro atoms. The lowest BCUT2D eigenvalue weighted by atomic mass is 9.54. The Morgan fingerprint density at radius 3 is 2.31 bits per heavy atom. The summed E-state index contributed by atoms with van der Waals surface area (Å²) < 4.78 is 10.2. The molecule has 12 heteroatoms. The number of ketones is 4. The first-order chi connectivity index (χ1) is 18.5. The van der Waals surface area contributed by atoms with Crippen LogP contribution in [0.25, 0.3) is 0 Å². The topological polar surface area (TPSA) is 199 Å². The molecule has 0 saturated heterocycles. The fraction of sp³-hybridized carbons (Fsp3) is 0.333. The summed E-state index contributed by atoms with van der Waals surface area (Å²) in [5, 5.41) is 24.5. The molecule has 0 aliphatic heterocycles. The molecule has 39 heavy (non-hydrogen) atoms. The van der Waals surface area contributed by atoms with Crippen LogP contribution in [0, 0.1) is 23.7 Å². The minimum atomic E-state index is -2.73. The Kier molecular flexibility index (Phi) is 6.22. The van der Waals surface area contributed by atoms with Crippen LogP contribution < -0.4 is 20.5 Å². The zero-order valence-electron chi connectivity index (χ0n) is 20.6. The molecule has 12 nitrogen and oxygen atoms in total. The van der Waals surface area contributed by atoms with Crippen molar-refractivity contribution in [3.05, 3.63) is 47.5 Å². The van der Waals surface area contributed by atoms with E-state index in [4.69, 9.17) is 15.2 Å². The van der Waals surface area contributed by atoms with Gasteiger partial charge in [0.1, 0.15) is 17.2 Å². The van der Waals surface area contributed by atoms with E-state index in [1.807, 2.05) is 0 Å². The number of rotatable bonds is 4. The Balaban J connectivity index is 1.42. The van der Waals surface area contributed by atoms with Crippen LogP contribution in [-0.4, -0.2) is 58.1 Å². The molecule has 2 unspecified atom stereocenters. The van der Waals surface area contributed by atoms with Gasteiger partial charge in [0, 0.05) is 12.3 Å². The fourth-order valence-corrected chi connectivity index (χ4v) is 5.93. The average molecular weight is 536 g/mol. The molecule has 3 aliphatic rings. The van der Waals surface area contributed by atoms with Crippen molar-refractivity contribution in [1.82, 2.24) is 0 Å². The average Bonchev–Trinajstić information content (AvgIpc) is 2.88. The van der Waals surface area contributed by atoms with Crippen molar-refractivity contribution in [2.24, 2.45) is 29.4 Å². The smallest absolute Gasteiger partial charge is 0.417 e. The second-order valence-electron chi connectivity index (χ2n) is 9.93. The van der Waals surface area contributed by atoms with E-state index in [1.165, 1.54) is 31.4 Å². The summed E-state index contributed by atoms with van der Waals surface area (Å²) >= 11 is 0. The molecule has 5 N–H and O–H groups in total. The van der Waals surface area contributed by atoms with E-state index in [0.29, 0.717) is 11.3 Å². The highest BCUT2D eigenvalue weighted by molar-refractivity contribution is 6.31. The quantitative estimate of drug-likeness (QED) is 0.322. The van der Waals surface area contributed by atoms with Crippen LogP contribution in [-0.2, 0) is 25.6 Å². The van der Waals surface area contributed by atoms with Gasteiger partial charge in [0.15, 0.2) is 34.7 Å². The number of carbonyl (C=O) groups is 6. The van der Waals surface area contributed by atoms with Crippen LogP contribution >= 0.6 is 0 Å². The summed E-state index contributed by atoms with van der Waals surface area (Å²) in [5.74, 6) is -10.4. The molecular formula is C27H24N2O10. The van der Waals surface area contributed by atoms with E-state index in [2.05, 4.69) is 5.32 Å². The van der Waals surface area contributed by atoms with Crippen molar-refractivity contribution in [3.63, 3.8) is 0 Å². The number of fused-ring (bicyclic) bond motifs is 3. The van der Waals surface area contributed by atoms with Crippen LogP contribution in [0.15, 0.2) is 36.4 Å². The van der Waals surface area contributed by atoms with Gasteiger partial charge in [0.25, 0.3) is 0 Å². The summed E-state index contributed by atoms with van der Waals surface area (Å²) in [6.45, 7) is 0. The maximum absolute atomic E-state index is 13.6. The molecule has 202 valence electrons. The van der Waals surface area contributed by atoms with Crippen molar-refractivity contribution in [3.8, 4) is 17.2 Å². The normalized spacial score (nSPS) is 27.6. The van der Waals surface area contributed by atoms with Crippen LogP contribution in [0.1, 0.15) is 28.8 Å². The van der Waals surface area contributed by atoms with Crippen molar-refractivity contribution in [1.29, 1.82) is 0 Å². The van der Waals surface area contributed by atoms with Crippen molar-refractivity contribution in [2.75, 3.05) is 12.4 Å². The van der Waals surface area contributed by atoms with Gasteiger partial charge in [-0.1, -0.05) is 6.07 Å². The number of phenols is 1. The summed E-state index contributed by atoms with van der Waals surface area (Å²) in [7, 11) is 1.48. The van der Waals surface area contributed by atoms with Gasteiger partial charge in [0.05, 0.1) is 24.3 Å². The van der Waals surface area contributed by atoms with Crippen molar-refractivity contribution in [2.45, 2.75) is 24.9 Å². The third-order valence-corrected chi connectivity index (χ3v) is 7.78. The number of hydrogen-bond acceptors (Lipinski definition) is 10. The molecule has 0 aromatic heterocycles. The number of aromatic hydroxyl groups is 1. The molecule has 2 aromatic rings. The zero-order chi connectivity index (χ0) is 28.2. The lowest BCUT2D eigenvalue weighted by Crippen LogP contribution is -2.68. The molecule has 5 atom stereocenters. The van der Waals surface area contributed by atoms with Gasteiger partial charge >= 0.3 is 6.09 Å². The molecule has 2 aromatic carbocycles.